The van der Waals surface area contributed by atoms with Crippen molar-refractivity contribution in [3.05, 3.63) is 12.7 Å². The van der Waals surface area contributed by atoms with Gasteiger partial charge in [0.2, 0.25) is 5.91 Å². The minimum Gasteiger partial charge on any atom is -0.366 e. The van der Waals surface area contributed by atoms with Gasteiger partial charge >= 0.3 is 0 Å². The number of carbonyl (C=O) groups is 1. The molecule has 0 unspecified atom stereocenters. The van der Waals surface area contributed by atoms with Gasteiger partial charge in [-0.15, -0.1) is 11.5 Å². The molecule has 0 fully saturated rings. The second kappa shape index (κ2) is 7.63. The Morgan fingerprint density at radius 1 is 1.54 bits per heavy atom. The lowest BCUT2D eigenvalue weighted by atomic mass is 10.5. The summed E-state index contributed by atoms with van der Waals surface area (Å²) in [5.41, 5.74) is 7.80. The molecule has 74 valence electrons. The zero-order chi connectivity index (χ0) is 10.9. The fourth-order valence-corrected chi connectivity index (χ4v) is 1.06. The van der Waals surface area contributed by atoms with Gasteiger partial charge in [0.15, 0.2) is 0 Å². The summed E-state index contributed by atoms with van der Waals surface area (Å²) in [4.78, 5) is 9.47. The van der Waals surface area contributed by atoms with Crippen molar-refractivity contribution >= 4 is 14.0 Å². The summed E-state index contributed by atoms with van der Waals surface area (Å²) in [5.74, 6) is 2.62. The first-order valence-electron chi connectivity index (χ1n) is 4.25. The lowest BCUT2D eigenvalue weighted by Crippen LogP contribution is -2.16. The van der Waals surface area contributed by atoms with Crippen molar-refractivity contribution in [2.75, 3.05) is 0 Å². The molecule has 0 saturated carbocycles. The molecule has 0 aromatic carbocycles. The molecule has 0 rings (SSSR count). The molecule has 0 heterocycles. The summed E-state index contributed by atoms with van der Waals surface area (Å²) in [7, 11) is -1.04. The molecule has 2 N–H and O–H groups in total. The number of hydrogen-bond acceptors (Lipinski definition) is 1. The van der Waals surface area contributed by atoms with Crippen LogP contribution in [0, 0.1) is 11.5 Å². The van der Waals surface area contributed by atoms with E-state index in [9.17, 15) is 4.79 Å². The summed E-state index contributed by atoms with van der Waals surface area (Å²) in [6, 6.07) is 0. The smallest absolute Gasteiger partial charge is 0.240 e. The van der Waals surface area contributed by atoms with E-state index in [1.54, 1.807) is 0 Å². The minimum atomic E-state index is -1.04. The van der Waals surface area contributed by atoms with Crippen molar-refractivity contribution in [1.82, 2.24) is 0 Å². The van der Waals surface area contributed by atoms with Gasteiger partial charge in [0.25, 0.3) is 0 Å². The molecule has 0 aliphatic rings. The maximum Gasteiger partial charge on any atom is 0.240 e. The molecule has 13 heavy (non-hydrogen) atoms. The van der Waals surface area contributed by atoms with Gasteiger partial charge in [-0.1, -0.05) is 33.1 Å². The lowest BCUT2D eigenvalue weighted by molar-refractivity contribution is -0.113. The molecule has 0 bridgehead atoms. The van der Waals surface area contributed by atoms with Crippen molar-refractivity contribution in [2.45, 2.75) is 33.0 Å². The molecule has 1 amide bonds. The predicted octanol–water partition coefficient (Wildman–Crippen LogP) is 1.93. The number of carbonyl (C=O) groups excluding carboxylic acids is 1. The predicted molar refractivity (Wildman–Crippen MR) is 60.8 cm³/mol. The molecule has 0 aliphatic heterocycles. The maximum atomic E-state index is 9.47. The second-order valence-corrected chi connectivity index (χ2v) is 8.26. The van der Waals surface area contributed by atoms with E-state index >= 15 is 0 Å². The standard InChI is InChI=1S/C7H14Si.C3H5NO/c1-5-6-7-8(2,3)4;1-2-3(4)5/h5H2,1-4H3;2H,1H2,(H2,4,5). The highest BCUT2D eigenvalue weighted by Crippen LogP contribution is 1.95. The average Bonchev–Trinajstić information content (AvgIpc) is 2.00. The zero-order valence-electron chi connectivity index (χ0n) is 8.98. The van der Waals surface area contributed by atoms with Crippen LogP contribution < -0.4 is 5.73 Å². The van der Waals surface area contributed by atoms with E-state index in [0.29, 0.717) is 0 Å². The van der Waals surface area contributed by atoms with Crippen molar-refractivity contribution in [3.8, 4) is 11.5 Å². The lowest BCUT2D eigenvalue weighted by Gasteiger charge is -2.02. The molecule has 0 saturated heterocycles. The first kappa shape index (κ1) is 14.5. The van der Waals surface area contributed by atoms with E-state index in [1.165, 1.54) is 0 Å². The van der Waals surface area contributed by atoms with Crippen molar-refractivity contribution in [2.24, 2.45) is 5.73 Å². The highest BCUT2D eigenvalue weighted by molar-refractivity contribution is 6.83. The topological polar surface area (TPSA) is 43.1 Å². The van der Waals surface area contributed by atoms with Crippen LogP contribution in [-0.2, 0) is 4.79 Å². The van der Waals surface area contributed by atoms with Gasteiger partial charge in [0.1, 0.15) is 8.07 Å². The van der Waals surface area contributed by atoms with Crippen LogP contribution in [0.2, 0.25) is 19.6 Å². The molecular formula is C10H19NOSi. The Morgan fingerprint density at radius 2 is 1.92 bits per heavy atom. The SMILES string of the molecule is C=CC(N)=O.CCC#C[Si](C)(C)C. The molecule has 0 aromatic heterocycles. The third-order valence-corrected chi connectivity index (χ3v) is 1.77. The van der Waals surface area contributed by atoms with Crippen LogP contribution in [0.5, 0.6) is 0 Å². The number of amides is 1. The molecule has 2 nitrogen and oxygen atoms in total. The highest BCUT2D eigenvalue weighted by atomic mass is 28.3. The quantitative estimate of drug-likeness (QED) is 0.389. The van der Waals surface area contributed by atoms with Crippen LogP contribution in [0.4, 0.5) is 0 Å². The van der Waals surface area contributed by atoms with Crippen LogP contribution in [0.15, 0.2) is 12.7 Å². The zero-order valence-corrected chi connectivity index (χ0v) is 9.98. The summed E-state index contributed by atoms with van der Waals surface area (Å²) >= 11 is 0. The Balaban J connectivity index is 0. The number of hydrogen-bond donors (Lipinski definition) is 1. The van der Waals surface area contributed by atoms with Crippen LogP contribution in [0.25, 0.3) is 0 Å². The van der Waals surface area contributed by atoms with Crippen LogP contribution >= 0.6 is 0 Å². The minimum absolute atomic E-state index is 0.481. The van der Waals surface area contributed by atoms with Gasteiger partial charge in [-0.05, 0) is 6.08 Å². The summed E-state index contributed by atoms with van der Waals surface area (Å²) in [6.07, 6.45) is 2.06. The third kappa shape index (κ3) is 24.8. The summed E-state index contributed by atoms with van der Waals surface area (Å²) in [6.45, 7) is 12.0. The van der Waals surface area contributed by atoms with Crippen LogP contribution in [-0.4, -0.2) is 14.0 Å². The molecular weight excluding hydrogens is 178 g/mol. The van der Waals surface area contributed by atoms with Gasteiger partial charge in [-0.3, -0.25) is 4.79 Å². The van der Waals surface area contributed by atoms with Crippen molar-refractivity contribution in [3.63, 3.8) is 0 Å². The second-order valence-electron chi connectivity index (χ2n) is 3.51. The molecule has 3 heteroatoms. The highest BCUT2D eigenvalue weighted by Gasteiger charge is 2.06. The fourth-order valence-electron chi connectivity index (χ4n) is 0.354. The summed E-state index contributed by atoms with van der Waals surface area (Å²) < 4.78 is 0. The van der Waals surface area contributed by atoms with Gasteiger partial charge < -0.3 is 5.73 Å². The Kier molecular flexibility index (Phi) is 8.51. The Hall–Kier alpha value is -1.01. The van der Waals surface area contributed by atoms with Gasteiger partial charge in [0.05, 0.1) is 0 Å². The molecule has 0 aromatic rings. The van der Waals surface area contributed by atoms with Gasteiger partial charge in [-0.2, -0.15) is 0 Å². The van der Waals surface area contributed by atoms with E-state index < -0.39 is 14.0 Å². The fraction of sp³-hybridized carbons (Fsp3) is 0.500. The normalized spacial score (nSPS) is 8.62. The molecule has 0 spiro atoms. The van der Waals surface area contributed by atoms with E-state index in [0.717, 1.165) is 12.5 Å². The Morgan fingerprint density at radius 3 is 2.00 bits per heavy atom. The van der Waals surface area contributed by atoms with Crippen LogP contribution in [0.3, 0.4) is 0 Å². The largest absolute Gasteiger partial charge is 0.366 e. The Bertz CT molecular complexity index is 217. The van der Waals surface area contributed by atoms with Crippen LogP contribution in [0.1, 0.15) is 13.3 Å². The maximum absolute atomic E-state index is 9.47. The van der Waals surface area contributed by atoms with Gasteiger partial charge in [0, 0.05) is 6.42 Å². The van der Waals surface area contributed by atoms with E-state index in [-0.39, 0.29) is 0 Å². The Labute approximate surface area is 82.2 Å². The number of nitrogens with two attached hydrogens (primary N) is 1. The van der Waals surface area contributed by atoms with Crippen molar-refractivity contribution < 1.29 is 4.79 Å². The summed E-state index contributed by atoms with van der Waals surface area (Å²) in [5, 5.41) is 0. The van der Waals surface area contributed by atoms with E-state index in [2.05, 4.69) is 50.3 Å². The van der Waals surface area contributed by atoms with Gasteiger partial charge in [-0.25, -0.2) is 0 Å². The number of rotatable bonds is 1. The molecule has 0 atom stereocenters. The first-order chi connectivity index (χ1) is 5.83. The monoisotopic (exact) mass is 197 g/mol. The first-order valence-corrected chi connectivity index (χ1v) is 7.75. The molecule has 0 radical (unpaired) electrons. The molecule has 0 aliphatic carbocycles. The number of primary amides is 1. The average molecular weight is 197 g/mol. The van der Waals surface area contributed by atoms with E-state index in [4.69, 9.17) is 0 Å². The third-order valence-electron chi connectivity index (χ3n) is 0.841. The van der Waals surface area contributed by atoms with Crippen molar-refractivity contribution in [1.29, 1.82) is 0 Å². The van der Waals surface area contributed by atoms with E-state index in [1.807, 2.05) is 0 Å².